The van der Waals surface area contributed by atoms with Crippen LogP contribution in [0.3, 0.4) is 0 Å². The number of carbonyl (C=O) groups excluding carboxylic acids is 2. The SMILES string of the molecule is CN(C)c1ccc(C2C(C(=O)C(C)(C)C)=C(O)C(=O)N2c2ccc3c(c2)OCCO3)cc1. The third kappa shape index (κ3) is 3.68. The highest BCUT2D eigenvalue weighted by atomic mass is 16.6. The van der Waals surface area contributed by atoms with Crippen molar-refractivity contribution in [1.29, 1.82) is 0 Å². The van der Waals surface area contributed by atoms with Crippen LogP contribution < -0.4 is 19.3 Å². The fourth-order valence-corrected chi connectivity index (χ4v) is 3.96. The molecule has 0 fully saturated rings. The van der Waals surface area contributed by atoms with Crippen LogP contribution >= 0.6 is 0 Å². The first-order valence-corrected chi connectivity index (χ1v) is 10.6. The van der Waals surface area contributed by atoms with Crippen molar-refractivity contribution in [3.8, 4) is 11.5 Å². The van der Waals surface area contributed by atoms with Crippen molar-refractivity contribution in [3.05, 3.63) is 59.4 Å². The van der Waals surface area contributed by atoms with Gasteiger partial charge in [0.2, 0.25) is 0 Å². The second kappa shape index (κ2) is 7.89. The molecule has 2 aliphatic heterocycles. The molecule has 0 radical (unpaired) electrons. The van der Waals surface area contributed by atoms with Crippen LogP contribution in [-0.2, 0) is 9.59 Å². The lowest BCUT2D eigenvalue weighted by Gasteiger charge is -2.30. The van der Waals surface area contributed by atoms with Crippen LogP contribution in [0.25, 0.3) is 0 Å². The minimum atomic E-state index is -0.770. The van der Waals surface area contributed by atoms with Crippen LogP contribution in [0, 0.1) is 5.41 Å². The molecule has 0 spiro atoms. The summed E-state index contributed by atoms with van der Waals surface area (Å²) in [6.45, 7) is 6.20. The number of hydrogen-bond donors (Lipinski definition) is 1. The average molecular weight is 437 g/mol. The van der Waals surface area contributed by atoms with Gasteiger partial charge in [-0.3, -0.25) is 14.5 Å². The van der Waals surface area contributed by atoms with Gasteiger partial charge < -0.3 is 19.5 Å². The first-order chi connectivity index (χ1) is 15.1. The summed E-state index contributed by atoms with van der Waals surface area (Å²) >= 11 is 0. The topological polar surface area (TPSA) is 79.3 Å². The van der Waals surface area contributed by atoms with Crippen molar-refractivity contribution >= 4 is 23.1 Å². The molecule has 2 heterocycles. The largest absolute Gasteiger partial charge is 0.503 e. The Morgan fingerprint density at radius 2 is 1.66 bits per heavy atom. The molecule has 1 N–H and O–H groups in total. The standard InChI is InChI=1S/C25H28N2O5/c1-25(2,3)23(29)20-21(15-6-8-16(9-7-15)26(4)5)27(24(30)22(20)28)17-10-11-18-19(14-17)32-13-12-31-18/h6-11,14,21,28H,12-13H2,1-5H3. The zero-order valence-electron chi connectivity index (χ0n) is 19.0. The van der Waals surface area contributed by atoms with Crippen LogP contribution in [0.5, 0.6) is 11.5 Å². The molecule has 0 saturated carbocycles. The van der Waals surface area contributed by atoms with Crippen molar-refractivity contribution in [2.75, 3.05) is 37.1 Å². The third-order valence-electron chi connectivity index (χ3n) is 5.66. The molecule has 0 aromatic heterocycles. The van der Waals surface area contributed by atoms with Gasteiger partial charge in [0.25, 0.3) is 5.91 Å². The summed E-state index contributed by atoms with van der Waals surface area (Å²) in [6.07, 6.45) is 0. The first kappa shape index (κ1) is 21.7. The van der Waals surface area contributed by atoms with Gasteiger partial charge in [-0.25, -0.2) is 0 Å². The number of benzene rings is 2. The number of anilines is 2. The summed E-state index contributed by atoms with van der Waals surface area (Å²) in [5.41, 5.74) is 1.57. The Kier molecular flexibility index (Phi) is 5.36. The normalized spacial score (nSPS) is 18.2. The highest BCUT2D eigenvalue weighted by Crippen LogP contribution is 2.45. The van der Waals surface area contributed by atoms with Crippen LogP contribution in [0.4, 0.5) is 11.4 Å². The lowest BCUT2D eigenvalue weighted by Crippen LogP contribution is -2.33. The Morgan fingerprint density at radius 1 is 1.03 bits per heavy atom. The predicted molar refractivity (Wildman–Crippen MR) is 123 cm³/mol. The number of rotatable bonds is 4. The molecule has 0 bridgehead atoms. The number of fused-ring (bicyclic) bond motifs is 1. The number of amides is 1. The summed E-state index contributed by atoms with van der Waals surface area (Å²) in [6, 6.07) is 12.1. The Labute approximate surface area is 187 Å². The molecule has 2 aromatic carbocycles. The molecule has 1 unspecified atom stereocenters. The van der Waals surface area contributed by atoms with Gasteiger partial charge in [0.15, 0.2) is 23.0 Å². The summed E-state index contributed by atoms with van der Waals surface area (Å²) < 4.78 is 11.3. The van der Waals surface area contributed by atoms with Crippen molar-refractivity contribution in [2.45, 2.75) is 26.8 Å². The molecule has 32 heavy (non-hydrogen) atoms. The summed E-state index contributed by atoms with van der Waals surface area (Å²) in [7, 11) is 3.88. The number of ketones is 1. The molecule has 7 nitrogen and oxygen atoms in total. The minimum absolute atomic E-state index is 0.106. The minimum Gasteiger partial charge on any atom is -0.503 e. The molecule has 0 aliphatic carbocycles. The number of carbonyl (C=O) groups is 2. The molecular weight excluding hydrogens is 408 g/mol. The van der Waals surface area contributed by atoms with Crippen LogP contribution in [0.15, 0.2) is 53.8 Å². The van der Waals surface area contributed by atoms with Crippen molar-refractivity contribution < 1.29 is 24.2 Å². The maximum Gasteiger partial charge on any atom is 0.294 e. The molecule has 2 aromatic rings. The zero-order valence-corrected chi connectivity index (χ0v) is 19.0. The van der Waals surface area contributed by atoms with E-state index in [1.807, 2.05) is 43.3 Å². The van der Waals surface area contributed by atoms with Gasteiger partial charge in [-0.05, 0) is 29.8 Å². The van der Waals surface area contributed by atoms with E-state index in [2.05, 4.69) is 0 Å². The Morgan fingerprint density at radius 3 is 2.25 bits per heavy atom. The van der Waals surface area contributed by atoms with E-state index >= 15 is 0 Å². The van der Waals surface area contributed by atoms with E-state index in [0.717, 1.165) is 11.3 Å². The molecule has 168 valence electrons. The maximum absolute atomic E-state index is 13.3. The average Bonchev–Trinajstić information content (AvgIpc) is 3.02. The molecule has 1 amide bonds. The monoisotopic (exact) mass is 436 g/mol. The van der Waals surface area contributed by atoms with Crippen molar-refractivity contribution in [2.24, 2.45) is 5.41 Å². The second-order valence-corrected chi connectivity index (χ2v) is 9.23. The second-order valence-electron chi connectivity index (χ2n) is 9.23. The number of Topliss-reactive ketones (excluding diaryl/α,β-unsaturated/α-hetero) is 1. The lowest BCUT2D eigenvalue weighted by atomic mass is 9.82. The third-order valence-corrected chi connectivity index (χ3v) is 5.66. The van der Waals surface area contributed by atoms with Gasteiger partial charge in [0, 0.05) is 37.0 Å². The maximum atomic E-state index is 13.3. The van der Waals surface area contributed by atoms with Gasteiger partial charge >= 0.3 is 0 Å². The van der Waals surface area contributed by atoms with E-state index in [1.54, 1.807) is 39.0 Å². The van der Waals surface area contributed by atoms with E-state index in [-0.39, 0.29) is 11.4 Å². The smallest absolute Gasteiger partial charge is 0.294 e. The lowest BCUT2D eigenvalue weighted by molar-refractivity contribution is -0.123. The molecular formula is C25H28N2O5. The number of aliphatic hydroxyl groups is 1. The van der Waals surface area contributed by atoms with Gasteiger partial charge in [-0.15, -0.1) is 0 Å². The summed E-state index contributed by atoms with van der Waals surface area (Å²) in [5, 5.41) is 10.8. The molecule has 4 rings (SSSR count). The van der Waals surface area contributed by atoms with Crippen LogP contribution in [0.2, 0.25) is 0 Å². The van der Waals surface area contributed by atoms with Gasteiger partial charge in [-0.2, -0.15) is 0 Å². The van der Waals surface area contributed by atoms with Crippen molar-refractivity contribution in [3.63, 3.8) is 0 Å². The van der Waals surface area contributed by atoms with Gasteiger partial charge in [0.1, 0.15) is 13.2 Å². The van der Waals surface area contributed by atoms with Gasteiger partial charge in [0.05, 0.1) is 11.6 Å². The van der Waals surface area contributed by atoms with E-state index in [1.165, 1.54) is 4.90 Å². The predicted octanol–water partition coefficient (Wildman–Crippen LogP) is 4.04. The van der Waals surface area contributed by atoms with E-state index < -0.39 is 23.1 Å². The highest BCUT2D eigenvalue weighted by molar-refractivity contribution is 6.17. The number of aliphatic hydroxyl groups excluding tert-OH is 1. The zero-order chi connectivity index (χ0) is 23.2. The molecule has 0 saturated heterocycles. The van der Waals surface area contributed by atoms with E-state index in [4.69, 9.17) is 9.47 Å². The summed E-state index contributed by atoms with van der Waals surface area (Å²) in [5.74, 6) is -0.275. The number of nitrogens with zero attached hydrogens (tertiary/aromatic N) is 2. The quantitative estimate of drug-likeness (QED) is 0.779. The highest BCUT2D eigenvalue weighted by Gasteiger charge is 2.46. The number of hydrogen-bond acceptors (Lipinski definition) is 6. The molecule has 7 heteroatoms. The van der Waals surface area contributed by atoms with Gasteiger partial charge in [-0.1, -0.05) is 32.9 Å². The Balaban J connectivity index is 1.85. The van der Waals surface area contributed by atoms with E-state index in [9.17, 15) is 14.7 Å². The summed E-state index contributed by atoms with van der Waals surface area (Å²) in [4.78, 5) is 30.0. The van der Waals surface area contributed by atoms with E-state index in [0.29, 0.717) is 30.4 Å². The first-order valence-electron chi connectivity index (χ1n) is 10.6. The Hall–Kier alpha value is -3.48. The van der Waals surface area contributed by atoms with Crippen LogP contribution in [0.1, 0.15) is 32.4 Å². The molecule has 1 atom stereocenters. The van der Waals surface area contributed by atoms with Crippen LogP contribution in [-0.4, -0.2) is 44.1 Å². The fraction of sp³-hybridized carbons (Fsp3) is 0.360. The fourth-order valence-electron chi connectivity index (χ4n) is 3.96. The van der Waals surface area contributed by atoms with Crippen molar-refractivity contribution in [1.82, 2.24) is 0 Å². The Bertz CT molecular complexity index is 1100. The number of ether oxygens (including phenoxy) is 2. The molecule has 2 aliphatic rings.